The van der Waals surface area contributed by atoms with E-state index in [-0.39, 0.29) is 18.8 Å². The van der Waals surface area contributed by atoms with Crippen molar-refractivity contribution >= 4 is 108 Å². The third-order valence-electron chi connectivity index (χ3n) is 3.85. The first-order valence-electron chi connectivity index (χ1n) is 9.25. The number of rotatable bonds is 8. The Morgan fingerprint density at radius 2 is 1.56 bits per heavy atom. The number of halogens is 4. The number of ether oxygens (including phenoxy) is 2. The van der Waals surface area contributed by atoms with Gasteiger partial charge in [-0.15, -0.1) is 0 Å². The molecule has 0 aromatic heterocycles. The topological polar surface area (TPSA) is 174 Å². The van der Waals surface area contributed by atoms with Crippen LogP contribution in [0, 0.1) is 14.3 Å². The zero-order valence-electron chi connectivity index (χ0n) is 17.6. The third-order valence-corrected chi connectivity index (χ3v) is 7.10. The van der Waals surface area contributed by atoms with Crippen molar-refractivity contribution in [2.24, 2.45) is 11.5 Å². The largest absolute Gasteiger partial charge is 0.506 e. The standard InChI is InChI=1S/C16H13I4NO4.C4H8N2O3/c1-24-16(23)13(21)4-7-2-11(19)15(12(20)3-7)25-8-5-9(17)14(22)10(18)6-8;5-1-3(7)6-2-4(8)9/h2-3,5-6,13,22H,4,21H2,1H3;1-2,5H2,(H,6,7)(H,8,9). The van der Waals surface area contributed by atoms with Gasteiger partial charge in [0, 0.05) is 0 Å². The van der Waals surface area contributed by atoms with Gasteiger partial charge < -0.3 is 36.5 Å². The van der Waals surface area contributed by atoms with Crippen LogP contribution in [0.4, 0.5) is 0 Å². The number of nitrogens with two attached hydrogens (primary N) is 2. The lowest BCUT2D eigenvalue weighted by Crippen LogP contribution is -2.34. The maximum atomic E-state index is 11.5. The zero-order valence-corrected chi connectivity index (χ0v) is 26.2. The van der Waals surface area contributed by atoms with Crippen molar-refractivity contribution in [2.45, 2.75) is 12.5 Å². The lowest BCUT2D eigenvalue weighted by atomic mass is 10.1. The molecule has 34 heavy (non-hydrogen) atoms. The van der Waals surface area contributed by atoms with E-state index >= 15 is 0 Å². The summed E-state index contributed by atoms with van der Waals surface area (Å²) < 4.78 is 14.0. The van der Waals surface area contributed by atoms with Crippen LogP contribution in [0.2, 0.25) is 0 Å². The Balaban J connectivity index is 0.000000546. The monoisotopic (exact) mass is 923 g/mol. The molecule has 14 heteroatoms. The average Bonchev–Trinajstić information content (AvgIpc) is 2.77. The van der Waals surface area contributed by atoms with Crippen LogP contribution in [0.15, 0.2) is 24.3 Å². The summed E-state index contributed by atoms with van der Waals surface area (Å²) in [5.41, 5.74) is 11.6. The molecule has 0 spiro atoms. The summed E-state index contributed by atoms with van der Waals surface area (Å²) in [6.45, 7) is -0.538. The van der Waals surface area contributed by atoms with Crippen LogP contribution in [0.1, 0.15) is 5.56 Å². The van der Waals surface area contributed by atoms with Crippen LogP contribution < -0.4 is 21.5 Å². The van der Waals surface area contributed by atoms with Gasteiger partial charge in [-0.05, 0) is 127 Å². The van der Waals surface area contributed by atoms with Crippen LogP contribution in [0.25, 0.3) is 0 Å². The Morgan fingerprint density at radius 1 is 1.03 bits per heavy atom. The van der Waals surface area contributed by atoms with E-state index in [9.17, 15) is 19.5 Å². The van der Waals surface area contributed by atoms with Gasteiger partial charge in [0.1, 0.15) is 24.1 Å². The predicted octanol–water partition coefficient (Wildman–Crippen LogP) is 2.79. The van der Waals surface area contributed by atoms with Gasteiger partial charge in [-0.3, -0.25) is 14.4 Å². The molecule has 0 radical (unpaired) electrons. The van der Waals surface area contributed by atoms with Gasteiger partial charge in [0.05, 0.1) is 27.9 Å². The van der Waals surface area contributed by atoms with Crippen molar-refractivity contribution in [3.63, 3.8) is 0 Å². The number of phenolic OH excluding ortho intramolecular Hbond substituents is 1. The number of carboxylic acids is 1. The predicted molar refractivity (Wildman–Crippen MR) is 159 cm³/mol. The van der Waals surface area contributed by atoms with Crippen molar-refractivity contribution < 1.29 is 34.1 Å². The molecular formula is C20H21I4N3O7. The van der Waals surface area contributed by atoms with Gasteiger partial charge >= 0.3 is 11.9 Å². The summed E-state index contributed by atoms with van der Waals surface area (Å²) >= 11 is 8.53. The first-order chi connectivity index (χ1) is 15.9. The highest BCUT2D eigenvalue weighted by Crippen LogP contribution is 2.36. The van der Waals surface area contributed by atoms with E-state index < -0.39 is 23.9 Å². The molecule has 2 aromatic carbocycles. The summed E-state index contributed by atoms with van der Waals surface area (Å²) in [6.07, 6.45) is 0.397. The molecule has 0 fully saturated rings. The normalized spacial score (nSPS) is 11.0. The van der Waals surface area contributed by atoms with Gasteiger partial charge in [-0.2, -0.15) is 0 Å². The molecule has 0 aliphatic rings. The number of benzene rings is 2. The number of nitrogens with one attached hydrogen (secondary N) is 1. The minimum Gasteiger partial charge on any atom is -0.506 e. The minimum absolute atomic E-state index is 0.173. The molecule has 186 valence electrons. The maximum absolute atomic E-state index is 11.5. The fraction of sp³-hybridized carbons (Fsp3) is 0.250. The molecule has 0 aliphatic heterocycles. The Hall–Kier alpha value is -0.710. The van der Waals surface area contributed by atoms with Gasteiger partial charge in [0.15, 0.2) is 5.75 Å². The lowest BCUT2D eigenvalue weighted by molar-refractivity contribution is -0.142. The van der Waals surface area contributed by atoms with Crippen molar-refractivity contribution in [1.82, 2.24) is 5.32 Å². The second-order valence-corrected chi connectivity index (χ2v) is 11.1. The average molecular weight is 923 g/mol. The van der Waals surface area contributed by atoms with Crippen molar-refractivity contribution in [2.75, 3.05) is 20.2 Å². The fourth-order valence-electron chi connectivity index (χ4n) is 2.28. The minimum atomic E-state index is -1.07. The van der Waals surface area contributed by atoms with Crippen molar-refractivity contribution in [3.8, 4) is 17.2 Å². The molecule has 10 nitrogen and oxygen atoms in total. The number of esters is 1. The number of aliphatic carboxylic acids is 1. The van der Waals surface area contributed by atoms with Gasteiger partial charge in [-0.1, -0.05) is 0 Å². The van der Waals surface area contributed by atoms with E-state index in [1.54, 1.807) is 12.1 Å². The highest BCUT2D eigenvalue weighted by Gasteiger charge is 2.17. The maximum Gasteiger partial charge on any atom is 0.322 e. The Kier molecular flexibility index (Phi) is 14.2. The Morgan fingerprint density at radius 3 is 2.00 bits per heavy atom. The van der Waals surface area contributed by atoms with E-state index in [1.807, 2.05) is 12.1 Å². The van der Waals surface area contributed by atoms with Crippen molar-refractivity contribution in [1.29, 1.82) is 0 Å². The third kappa shape index (κ3) is 10.5. The molecule has 2 rings (SSSR count). The highest BCUT2D eigenvalue weighted by molar-refractivity contribution is 14.1. The number of hydrogen-bond donors (Lipinski definition) is 5. The molecule has 0 aliphatic carbocycles. The SMILES string of the molecule is COC(=O)C(N)Cc1cc(I)c(Oc2cc(I)c(O)c(I)c2)c(I)c1.NCC(=O)NCC(=O)O. The molecule has 0 heterocycles. The lowest BCUT2D eigenvalue weighted by Gasteiger charge is -2.15. The summed E-state index contributed by atoms with van der Waals surface area (Å²) in [5.74, 6) is -0.326. The van der Waals surface area contributed by atoms with E-state index in [2.05, 4.69) is 100 Å². The number of carbonyl (C=O) groups is 3. The first-order valence-corrected chi connectivity index (χ1v) is 13.6. The van der Waals surface area contributed by atoms with Crippen LogP contribution in [-0.4, -0.2) is 54.3 Å². The van der Waals surface area contributed by atoms with E-state index in [1.165, 1.54) is 7.11 Å². The number of hydrogen-bond acceptors (Lipinski definition) is 8. The van der Waals surface area contributed by atoms with Crippen LogP contribution >= 0.6 is 90.4 Å². The molecule has 0 bridgehead atoms. The summed E-state index contributed by atoms with van der Waals surface area (Å²) in [5, 5.41) is 19.9. The van der Waals surface area contributed by atoms with Gasteiger partial charge in [-0.25, -0.2) is 0 Å². The van der Waals surface area contributed by atoms with Crippen LogP contribution in [0.3, 0.4) is 0 Å². The second-order valence-electron chi connectivity index (χ2n) is 6.43. The summed E-state index contributed by atoms with van der Waals surface area (Å²) in [7, 11) is 1.33. The fourth-order valence-corrected chi connectivity index (χ4v) is 6.11. The molecule has 1 atom stereocenters. The molecule has 7 N–H and O–H groups in total. The number of amides is 1. The quantitative estimate of drug-likeness (QED) is 0.197. The molecule has 1 unspecified atom stereocenters. The van der Waals surface area contributed by atoms with Crippen molar-refractivity contribution in [3.05, 3.63) is 44.1 Å². The van der Waals surface area contributed by atoms with Crippen LogP contribution in [0.5, 0.6) is 17.2 Å². The van der Waals surface area contributed by atoms with Gasteiger partial charge in [0.2, 0.25) is 5.91 Å². The first kappa shape index (κ1) is 31.3. The van der Waals surface area contributed by atoms with E-state index in [0.29, 0.717) is 12.2 Å². The summed E-state index contributed by atoms with van der Waals surface area (Å²) in [4.78, 5) is 31.5. The highest BCUT2D eigenvalue weighted by atomic mass is 127. The smallest absolute Gasteiger partial charge is 0.322 e. The Labute approximate surface area is 250 Å². The number of carboxylic acid groups (broad SMARTS) is 1. The van der Waals surface area contributed by atoms with Crippen LogP contribution in [-0.2, 0) is 25.5 Å². The summed E-state index contributed by atoms with van der Waals surface area (Å²) in [6, 6.07) is 6.76. The molecule has 1 amide bonds. The molecule has 2 aromatic rings. The van der Waals surface area contributed by atoms with E-state index in [0.717, 1.165) is 25.6 Å². The number of phenols is 1. The van der Waals surface area contributed by atoms with E-state index in [4.69, 9.17) is 21.3 Å². The molecular weight excluding hydrogens is 902 g/mol. The molecule has 0 saturated heterocycles. The number of methoxy groups -OCH3 is 1. The van der Waals surface area contributed by atoms with Gasteiger partial charge in [0.25, 0.3) is 0 Å². The second kappa shape index (κ2) is 15.4. The Bertz CT molecular complexity index is 1010. The number of aromatic hydroxyl groups is 1. The molecule has 0 saturated carbocycles. The zero-order chi connectivity index (χ0) is 26.0. The number of carbonyl (C=O) groups excluding carboxylic acids is 2.